The predicted octanol–water partition coefficient (Wildman–Crippen LogP) is 0.792. The van der Waals surface area contributed by atoms with Gasteiger partial charge in [-0.25, -0.2) is 20.5 Å². The second-order valence-corrected chi connectivity index (χ2v) is 4.14. The Morgan fingerprint density at radius 3 is 2.74 bits per heavy atom. The first-order valence-corrected chi connectivity index (χ1v) is 5.75. The second-order valence-electron chi connectivity index (χ2n) is 4.14. The Morgan fingerprint density at radius 1 is 1.37 bits per heavy atom. The van der Waals surface area contributed by atoms with Crippen LogP contribution < -0.4 is 16.6 Å². The molecule has 100 valence electrons. The van der Waals surface area contributed by atoms with Gasteiger partial charge >= 0.3 is 0 Å². The summed E-state index contributed by atoms with van der Waals surface area (Å²) in [5.74, 6) is 5.83. The number of nitrogens with two attached hydrogens (primary N) is 1. The molecule has 2 heterocycles. The third-order valence-corrected chi connectivity index (χ3v) is 2.43. The first-order valence-electron chi connectivity index (χ1n) is 5.75. The van der Waals surface area contributed by atoms with Gasteiger partial charge in [0, 0.05) is 12.1 Å². The summed E-state index contributed by atoms with van der Waals surface area (Å²) in [6.07, 6.45) is 4.36. The van der Waals surface area contributed by atoms with Crippen molar-refractivity contribution in [3.8, 4) is 0 Å². The van der Waals surface area contributed by atoms with E-state index in [9.17, 15) is 4.79 Å². The van der Waals surface area contributed by atoms with E-state index in [2.05, 4.69) is 25.8 Å². The fraction of sp³-hybridized carbons (Fsp3) is 0.273. The minimum atomic E-state index is -0.349. The number of hydrogen-bond donors (Lipinski definition) is 3. The van der Waals surface area contributed by atoms with Gasteiger partial charge in [0.1, 0.15) is 11.5 Å². The molecule has 2 aromatic heterocycles. The first-order chi connectivity index (χ1) is 9.11. The molecule has 0 aliphatic rings. The molecule has 1 amide bonds. The lowest BCUT2D eigenvalue weighted by Gasteiger charge is -2.11. The molecule has 0 aliphatic carbocycles. The number of aromatic nitrogens is 4. The van der Waals surface area contributed by atoms with Gasteiger partial charge in [-0.3, -0.25) is 4.79 Å². The first kappa shape index (κ1) is 13.0. The number of hydrogen-bond acceptors (Lipinski definition) is 6. The number of carbonyl (C=O) groups is 1. The van der Waals surface area contributed by atoms with E-state index < -0.39 is 0 Å². The number of carbonyl (C=O) groups excluding carboxylic acids is 1. The van der Waals surface area contributed by atoms with Gasteiger partial charge in [-0.15, -0.1) is 0 Å². The Kier molecular flexibility index (Phi) is 3.71. The quantitative estimate of drug-likeness (QED) is 0.554. The van der Waals surface area contributed by atoms with E-state index in [-0.39, 0.29) is 17.6 Å². The van der Waals surface area contributed by atoms with Crippen LogP contribution in [0.4, 0.5) is 11.6 Å². The lowest BCUT2D eigenvalue weighted by atomic mass is 10.4. The van der Waals surface area contributed by atoms with Crippen LogP contribution in [0.25, 0.3) is 0 Å². The molecule has 0 fully saturated rings. The molecule has 8 nitrogen and oxygen atoms in total. The van der Waals surface area contributed by atoms with Crippen LogP contribution in [0.2, 0.25) is 0 Å². The predicted molar refractivity (Wildman–Crippen MR) is 70.4 cm³/mol. The van der Waals surface area contributed by atoms with Crippen molar-refractivity contribution >= 4 is 17.5 Å². The standard InChI is InChI=1S/C11H15N7O/c1-7(2)18-10(3-4-15-18)16-11(19)8-5-14-9(17-12)6-13-8/h3-7H,12H2,1-2H3,(H,14,17)(H,16,19). The van der Waals surface area contributed by atoms with Crippen LogP contribution in [-0.2, 0) is 0 Å². The van der Waals surface area contributed by atoms with Crippen LogP contribution >= 0.6 is 0 Å². The Morgan fingerprint density at radius 2 is 2.16 bits per heavy atom. The van der Waals surface area contributed by atoms with E-state index in [0.717, 1.165) is 0 Å². The molecule has 0 bridgehead atoms. The molecule has 0 spiro atoms. The molecule has 0 radical (unpaired) electrons. The minimum absolute atomic E-state index is 0.153. The maximum atomic E-state index is 12.0. The average molecular weight is 261 g/mol. The molecule has 0 saturated carbocycles. The van der Waals surface area contributed by atoms with Crippen LogP contribution in [0.1, 0.15) is 30.4 Å². The highest BCUT2D eigenvalue weighted by atomic mass is 16.2. The van der Waals surface area contributed by atoms with E-state index in [1.807, 2.05) is 13.8 Å². The monoisotopic (exact) mass is 261 g/mol. The van der Waals surface area contributed by atoms with Crippen LogP contribution in [0, 0.1) is 0 Å². The van der Waals surface area contributed by atoms with Crippen LogP contribution in [-0.4, -0.2) is 25.7 Å². The molecule has 19 heavy (non-hydrogen) atoms. The van der Waals surface area contributed by atoms with E-state index in [1.54, 1.807) is 16.9 Å². The molecule has 0 aromatic carbocycles. The SMILES string of the molecule is CC(C)n1nccc1NC(=O)c1cnc(NN)cn1. The number of nitrogens with zero attached hydrogens (tertiary/aromatic N) is 4. The van der Waals surface area contributed by atoms with Crippen LogP contribution in [0.15, 0.2) is 24.7 Å². The summed E-state index contributed by atoms with van der Waals surface area (Å²) < 4.78 is 1.71. The van der Waals surface area contributed by atoms with Crippen molar-refractivity contribution in [3.63, 3.8) is 0 Å². The summed E-state index contributed by atoms with van der Waals surface area (Å²) in [6.45, 7) is 3.95. The van der Waals surface area contributed by atoms with Gasteiger partial charge in [-0.1, -0.05) is 0 Å². The topological polar surface area (TPSA) is 111 Å². The second kappa shape index (κ2) is 5.44. The van der Waals surface area contributed by atoms with Crippen molar-refractivity contribution in [1.29, 1.82) is 0 Å². The molecule has 8 heteroatoms. The highest BCUT2D eigenvalue weighted by molar-refractivity contribution is 6.02. The molecule has 2 aromatic rings. The van der Waals surface area contributed by atoms with E-state index in [1.165, 1.54) is 12.4 Å². The average Bonchev–Trinajstić information content (AvgIpc) is 2.87. The van der Waals surface area contributed by atoms with E-state index >= 15 is 0 Å². The fourth-order valence-electron chi connectivity index (χ4n) is 1.52. The maximum absolute atomic E-state index is 12.0. The van der Waals surface area contributed by atoms with Gasteiger partial charge in [-0.2, -0.15) is 5.10 Å². The minimum Gasteiger partial charge on any atom is -0.307 e. The molecule has 0 atom stereocenters. The van der Waals surface area contributed by atoms with Gasteiger partial charge in [0.2, 0.25) is 0 Å². The van der Waals surface area contributed by atoms with E-state index in [0.29, 0.717) is 11.6 Å². The van der Waals surface area contributed by atoms with Gasteiger partial charge in [0.15, 0.2) is 5.82 Å². The van der Waals surface area contributed by atoms with Crippen molar-refractivity contribution in [2.24, 2.45) is 5.84 Å². The lowest BCUT2D eigenvalue weighted by molar-refractivity contribution is 0.102. The zero-order chi connectivity index (χ0) is 13.8. The zero-order valence-corrected chi connectivity index (χ0v) is 10.7. The van der Waals surface area contributed by atoms with Gasteiger partial charge in [0.25, 0.3) is 5.91 Å². The lowest BCUT2D eigenvalue weighted by Crippen LogP contribution is -2.18. The van der Waals surface area contributed by atoms with Crippen molar-refractivity contribution in [2.45, 2.75) is 19.9 Å². The summed E-state index contributed by atoms with van der Waals surface area (Å²) in [5.41, 5.74) is 2.55. The fourth-order valence-corrected chi connectivity index (χ4v) is 1.52. The number of nitrogen functional groups attached to an aromatic ring is 1. The Bertz CT molecular complexity index is 561. The smallest absolute Gasteiger partial charge is 0.277 e. The molecular formula is C11H15N7O. The van der Waals surface area contributed by atoms with Crippen molar-refractivity contribution < 1.29 is 4.79 Å². The number of anilines is 2. The molecule has 0 aliphatic heterocycles. The summed E-state index contributed by atoms with van der Waals surface area (Å²) >= 11 is 0. The highest BCUT2D eigenvalue weighted by Crippen LogP contribution is 2.13. The number of nitrogens with one attached hydrogen (secondary N) is 2. The summed E-state index contributed by atoms with van der Waals surface area (Å²) in [6, 6.07) is 1.88. The highest BCUT2D eigenvalue weighted by Gasteiger charge is 2.12. The maximum Gasteiger partial charge on any atom is 0.277 e. The van der Waals surface area contributed by atoms with Gasteiger partial charge < -0.3 is 10.7 Å². The molecule has 4 N–H and O–H groups in total. The number of rotatable bonds is 4. The molecule has 0 unspecified atom stereocenters. The van der Waals surface area contributed by atoms with Crippen LogP contribution in [0.5, 0.6) is 0 Å². The Balaban J connectivity index is 2.13. The van der Waals surface area contributed by atoms with Gasteiger partial charge in [-0.05, 0) is 13.8 Å². The third-order valence-electron chi connectivity index (χ3n) is 2.43. The molecule has 2 rings (SSSR count). The number of amides is 1. The van der Waals surface area contributed by atoms with Crippen molar-refractivity contribution in [2.75, 3.05) is 10.7 Å². The molecule has 0 saturated heterocycles. The normalized spacial score (nSPS) is 10.5. The third kappa shape index (κ3) is 2.86. The summed E-state index contributed by atoms with van der Waals surface area (Å²) in [4.78, 5) is 19.9. The Hall–Kier alpha value is -2.48. The van der Waals surface area contributed by atoms with Crippen molar-refractivity contribution in [1.82, 2.24) is 19.7 Å². The molecular weight excluding hydrogens is 246 g/mol. The largest absolute Gasteiger partial charge is 0.307 e. The summed E-state index contributed by atoms with van der Waals surface area (Å²) in [7, 11) is 0. The number of hydrazine groups is 1. The zero-order valence-electron chi connectivity index (χ0n) is 10.7. The van der Waals surface area contributed by atoms with Crippen molar-refractivity contribution in [3.05, 3.63) is 30.4 Å². The van der Waals surface area contributed by atoms with Gasteiger partial charge in [0.05, 0.1) is 18.6 Å². The van der Waals surface area contributed by atoms with E-state index in [4.69, 9.17) is 5.84 Å². The van der Waals surface area contributed by atoms with Crippen LogP contribution in [0.3, 0.4) is 0 Å². The Labute approximate surface area is 110 Å². The summed E-state index contributed by atoms with van der Waals surface area (Å²) in [5, 5.41) is 6.86.